The Morgan fingerprint density at radius 2 is 1.75 bits per heavy atom. The van der Waals surface area contributed by atoms with Crippen LogP contribution >= 0.6 is 11.6 Å². The minimum atomic E-state index is -4.34. The van der Waals surface area contributed by atoms with Gasteiger partial charge in [-0.3, -0.25) is 0 Å². The van der Waals surface area contributed by atoms with Crippen molar-refractivity contribution < 1.29 is 22.8 Å². The van der Waals surface area contributed by atoms with E-state index in [0.717, 1.165) is 29.8 Å². The van der Waals surface area contributed by atoms with Crippen LogP contribution in [0.2, 0.25) is 5.02 Å². The van der Waals surface area contributed by atoms with Crippen molar-refractivity contribution in [3.63, 3.8) is 0 Å². The van der Waals surface area contributed by atoms with Gasteiger partial charge in [-0.2, -0.15) is 18.3 Å². The molecule has 0 unspecified atom stereocenters. The summed E-state index contributed by atoms with van der Waals surface area (Å²) < 4.78 is 39.4. The third kappa shape index (κ3) is 5.70. The summed E-state index contributed by atoms with van der Waals surface area (Å²) in [5.74, 6) is 1.88. The summed E-state index contributed by atoms with van der Waals surface area (Å²) >= 11 is 6.16. The number of halogens is 4. The summed E-state index contributed by atoms with van der Waals surface area (Å²) in [4.78, 5) is 16.6. The van der Waals surface area contributed by atoms with E-state index in [1.807, 2.05) is 19.8 Å². The SMILES string of the molecule is C=C=O.C=O.CCc1cc2c(Cl)ccc(Nc3ccc(C(F)(F)F)cc3)n2n1. The first-order chi connectivity index (χ1) is 13.3. The molecule has 3 aromatic rings. The summed E-state index contributed by atoms with van der Waals surface area (Å²) in [5.41, 5.74) is 1.49. The molecule has 148 valence electrons. The van der Waals surface area contributed by atoms with E-state index in [9.17, 15) is 13.2 Å². The number of aromatic nitrogens is 2. The summed E-state index contributed by atoms with van der Waals surface area (Å²) in [6, 6.07) is 10.2. The number of hydrogen-bond acceptors (Lipinski definition) is 4. The van der Waals surface area contributed by atoms with Gasteiger partial charge in [-0.25, -0.2) is 9.31 Å². The van der Waals surface area contributed by atoms with Crippen LogP contribution in [0.1, 0.15) is 18.2 Å². The maximum Gasteiger partial charge on any atom is 0.416 e. The average Bonchev–Trinajstić information content (AvgIpc) is 3.12. The molecule has 0 radical (unpaired) electrons. The first kappa shape index (κ1) is 23.0. The highest BCUT2D eigenvalue weighted by Gasteiger charge is 2.29. The third-order valence-electron chi connectivity index (χ3n) is 3.47. The molecule has 3 rings (SSSR count). The Balaban J connectivity index is 0.000000717. The predicted molar refractivity (Wildman–Crippen MR) is 103 cm³/mol. The van der Waals surface area contributed by atoms with Crippen molar-refractivity contribution in [2.24, 2.45) is 0 Å². The average molecular weight is 412 g/mol. The highest BCUT2D eigenvalue weighted by atomic mass is 35.5. The van der Waals surface area contributed by atoms with E-state index in [1.165, 1.54) is 18.1 Å². The zero-order valence-electron chi connectivity index (χ0n) is 14.9. The minimum absolute atomic E-state index is 0.537. The van der Waals surface area contributed by atoms with Gasteiger partial charge in [-0.05, 0) is 55.5 Å². The van der Waals surface area contributed by atoms with Crippen LogP contribution in [0.5, 0.6) is 0 Å². The fourth-order valence-corrected chi connectivity index (χ4v) is 2.45. The summed E-state index contributed by atoms with van der Waals surface area (Å²) in [5, 5.41) is 8.06. The molecule has 0 fully saturated rings. The van der Waals surface area contributed by atoms with Gasteiger partial charge in [0, 0.05) is 5.69 Å². The van der Waals surface area contributed by atoms with Gasteiger partial charge in [0.05, 0.1) is 21.8 Å². The van der Waals surface area contributed by atoms with E-state index in [0.29, 0.717) is 16.5 Å². The van der Waals surface area contributed by atoms with Gasteiger partial charge in [0.25, 0.3) is 0 Å². The maximum absolute atomic E-state index is 12.6. The van der Waals surface area contributed by atoms with Crippen molar-refractivity contribution >= 4 is 41.4 Å². The van der Waals surface area contributed by atoms with E-state index in [1.54, 1.807) is 16.6 Å². The molecular formula is C19H17ClF3N3O2. The predicted octanol–water partition coefficient (Wildman–Crippen LogP) is 5.13. The highest BCUT2D eigenvalue weighted by molar-refractivity contribution is 6.33. The maximum atomic E-state index is 12.6. The van der Waals surface area contributed by atoms with E-state index in [-0.39, 0.29) is 0 Å². The Morgan fingerprint density at radius 1 is 1.18 bits per heavy atom. The highest BCUT2D eigenvalue weighted by Crippen LogP contribution is 2.31. The number of carbonyl (C=O) groups is 1. The van der Waals surface area contributed by atoms with Gasteiger partial charge in [-0.15, -0.1) is 0 Å². The third-order valence-corrected chi connectivity index (χ3v) is 3.79. The molecule has 0 atom stereocenters. The number of benzene rings is 1. The molecule has 0 saturated carbocycles. The number of hydrogen-bond donors (Lipinski definition) is 1. The number of alkyl halides is 3. The number of carbonyl (C=O) groups excluding carboxylic acids is 2. The number of nitrogens with one attached hydrogen (secondary N) is 1. The molecule has 0 aliphatic heterocycles. The molecule has 28 heavy (non-hydrogen) atoms. The molecule has 5 nitrogen and oxygen atoms in total. The number of nitrogens with zero attached hydrogens (tertiary/aromatic N) is 2. The molecule has 0 aliphatic carbocycles. The molecule has 1 aromatic carbocycles. The normalized spacial score (nSPS) is 10.2. The van der Waals surface area contributed by atoms with Gasteiger partial charge in [-0.1, -0.05) is 18.5 Å². The van der Waals surface area contributed by atoms with Gasteiger partial charge in [0.2, 0.25) is 0 Å². The summed E-state index contributed by atoms with van der Waals surface area (Å²) in [6.07, 6.45) is -3.58. The summed E-state index contributed by atoms with van der Waals surface area (Å²) in [6.45, 7) is 6.67. The number of aryl methyl sites for hydroxylation is 1. The van der Waals surface area contributed by atoms with Gasteiger partial charge < -0.3 is 10.1 Å². The van der Waals surface area contributed by atoms with Crippen molar-refractivity contribution in [2.45, 2.75) is 19.5 Å². The van der Waals surface area contributed by atoms with Crippen LogP contribution < -0.4 is 5.32 Å². The monoisotopic (exact) mass is 411 g/mol. The van der Waals surface area contributed by atoms with Gasteiger partial charge in [0.15, 0.2) is 0 Å². The quantitative estimate of drug-likeness (QED) is 0.607. The molecular weight excluding hydrogens is 395 g/mol. The lowest BCUT2D eigenvalue weighted by Gasteiger charge is -2.11. The second-order valence-electron chi connectivity index (χ2n) is 5.20. The van der Waals surface area contributed by atoms with Gasteiger partial charge in [0.1, 0.15) is 18.5 Å². The molecule has 0 aliphatic rings. The largest absolute Gasteiger partial charge is 0.416 e. The standard InChI is InChI=1S/C16H13ClF3N3.C2H2O.CH2O/c1-2-11-9-14-13(17)7-8-15(23(14)22-11)21-12-5-3-10(4-6-12)16(18,19)20;1-2-3;1-2/h3-9,21H,2H2,1H3;1H2;1H2. The molecule has 1 N–H and O–H groups in total. The van der Waals surface area contributed by atoms with Crippen LogP contribution in [0.4, 0.5) is 24.7 Å². The number of anilines is 2. The van der Waals surface area contributed by atoms with Crippen molar-refractivity contribution in [3.05, 3.63) is 65.3 Å². The zero-order chi connectivity index (χ0) is 21.3. The van der Waals surface area contributed by atoms with Crippen LogP contribution in [-0.2, 0) is 22.2 Å². The molecule has 0 saturated heterocycles. The lowest BCUT2D eigenvalue weighted by molar-refractivity contribution is -0.137. The topological polar surface area (TPSA) is 63.5 Å². The van der Waals surface area contributed by atoms with Crippen molar-refractivity contribution in [1.82, 2.24) is 9.61 Å². The Hall–Kier alpha value is -3.09. The molecule has 0 amide bonds. The Labute approximate surface area is 164 Å². The fraction of sp³-hybridized carbons (Fsp3) is 0.158. The van der Waals surface area contributed by atoms with Crippen molar-refractivity contribution in [3.8, 4) is 0 Å². The first-order valence-corrected chi connectivity index (χ1v) is 8.22. The van der Waals surface area contributed by atoms with Crippen molar-refractivity contribution in [1.29, 1.82) is 0 Å². The molecule has 2 heterocycles. The van der Waals surface area contributed by atoms with Crippen molar-refractivity contribution in [2.75, 3.05) is 5.32 Å². The van der Waals surface area contributed by atoms with Crippen LogP contribution in [0.25, 0.3) is 5.52 Å². The zero-order valence-corrected chi connectivity index (χ0v) is 15.6. The van der Waals surface area contributed by atoms with Crippen LogP contribution in [0.15, 0.2) is 49.0 Å². The second-order valence-corrected chi connectivity index (χ2v) is 5.60. The lowest BCUT2D eigenvalue weighted by atomic mass is 10.2. The smallest absolute Gasteiger partial charge is 0.340 e. The number of pyridine rings is 1. The fourth-order valence-electron chi connectivity index (χ4n) is 2.25. The first-order valence-electron chi connectivity index (χ1n) is 7.84. The van der Waals surface area contributed by atoms with E-state index >= 15 is 0 Å². The Kier molecular flexibility index (Phi) is 8.44. The molecule has 2 aromatic heterocycles. The van der Waals surface area contributed by atoms with E-state index in [4.69, 9.17) is 21.2 Å². The molecule has 0 bridgehead atoms. The molecule has 9 heteroatoms. The van der Waals surface area contributed by atoms with Crippen LogP contribution in [0, 0.1) is 0 Å². The Morgan fingerprint density at radius 3 is 2.25 bits per heavy atom. The van der Waals surface area contributed by atoms with Gasteiger partial charge >= 0.3 is 6.18 Å². The number of rotatable bonds is 3. The lowest BCUT2D eigenvalue weighted by Crippen LogP contribution is -2.05. The minimum Gasteiger partial charge on any atom is -0.340 e. The van der Waals surface area contributed by atoms with E-state index in [2.05, 4.69) is 17.0 Å². The molecule has 0 spiro atoms. The van der Waals surface area contributed by atoms with Crippen LogP contribution in [-0.4, -0.2) is 22.3 Å². The second kappa shape index (κ2) is 10.3. The number of fused-ring (bicyclic) bond motifs is 1. The summed E-state index contributed by atoms with van der Waals surface area (Å²) in [7, 11) is 0. The van der Waals surface area contributed by atoms with E-state index < -0.39 is 11.7 Å². The van der Waals surface area contributed by atoms with Crippen LogP contribution in [0.3, 0.4) is 0 Å². The Bertz CT molecular complexity index is 947.